The van der Waals surface area contributed by atoms with Gasteiger partial charge in [-0.3, -0.25) is 14.9 Å². The van der Waals surface area contributed by atoms with Crippen molar-refractivity contribution in [1.82, 2.24) is 9.78 Å². The van der Waals surface area contributed by atoms with Crippen molar-refractivity contribution in [3.8, 4) is 22.7 Å². The molecule has 0 N–H and O–H groups in total. The van der Waals surface area contributed by atoms with Gasteiger partial charge < -0.3 is 14.4 Å². The van der Waals surface area contributed by atoms with E-state index in [-0.39, 0.29) is 11.4 Å². The third-order valence-electron chi connectivity index (χ3n) is 5.49. The highest BCUT2D eigenvalue weighted by Gasteiger charge is 2.22. The fourth-order valence-electron chi connectivity index (χ4n) is 3.80. The van der Waals surface area contributed by atoms with Crippen molar-refractivity contribution >= 4 is 11.4 Å². The van der Waals surface area contributed by atoms with Gasteiger partial charge in [-0.1, -0.05) is 19.1 Å². The lowest BCUT2D eigenvalue weighted by molar-refractivity contribution is -0.384. The first kappa shape index (κ1) is 21.5. The smallest absolute Gasteiger partial charge is 0.295 e. The van der Waals surface area contributed by atoms with E-state index in [0.717, 1.165) is 21.5 Å². The highest BCUT2D eigenvalue weighted by atomic mass is 16.6. The third kappa shape index (κ3) is 4.19. The SMILES string of the molecule is CCc1cc(=O)n(-c2cc(N3CCOCC3)ccc2[N+](=O)[O-])nc1-c1cccc(OC)c1. The van der Waals surface area contributed by atoms with E-state index < -0.39 is 10.5 Å². The van der Waals surface area contributed by atoms with Gasteiger partial charge in [0, 0.05) is 36.5 Å². The molecule has 2 aromatic carbocycles. The summed E-state index contributed by atoms with van der Waals surface area (Å²) in [5, 5.41) is 16.4. The number of benzene rings is 2. The molecular formula is C23H24N4O5. The van der Waals surface area contributed by atoms with Gasteiger partial charge in [-0.15, -0.1) is 0 Å². The summed E-state index contributed by atoms with van der Waals surface area (Å²) in [6.07, 6.45) is 0.589. The Balaban J connectivity index is 1.90. The average molecular weight is 436 g/mol. The van der Waals surface area contributed by atoms with Crippen LogP contribution < -0.4 is 15.2 Å². The van der Waals surface area contributed by atoms with Gasteiger partial charge in [0.2, 0.25) is 0 Å². The zero-order valence-electron chi connectivity index (χ0n) is 18.0. The van der Waals surface area contributed by atoms with E-state index in [0.29, 0.717) is 44.2 Å². The molecule has 3 aromatic rings. The minimum Gasteiger partial charge on any atom is -0.497 e. The quantitative estimate of drug-likeness (QED) is 0.432. The van der Waals surface area contributed by atoms with E-state index in [1.807, 2.05) is 31.2 Å². The molecular weight excluding hydrogens is 412 g/mol. The minimum atomic E-state index is -0.495. The van der Waals surface area contributed by atoms with Crippen LogP contribution in [-0.2, 0) is 11.2 Å². The van der Waals surface area contributed by atoms with E-state index in [1.54, 1.807) is 19.2 Å². The first-order chi connectivity index (χ1) is 15.5. The summed E-state index contributed by atoms with van der Waals surface area (Å²) >= 11 is 0. The van der Waals surface area contributed by atoms with Crippen molar-refractivity contribution in [2.75, 3.05) is 38.3 Å². The maximum atomic E-state index is 13.0. The Morgan fingerprint density at radius 2 is 1.94 bits per heavy atom. The Labute approximate surface area is 185 Å². The first-order valence-electron chi connectivity index (χ1n) is 10.4. The van der Waals surface area contributed by atoms with Crippen LogP contribution in [0.5, 0.6) is 5.75 Å². The second kappa shape index (κ2) is 9.19. The molecule has 0 atom stereocenters. The Kier molecular flexibility index (Phi) is 6.18. The number of hydrogen-bond acceptors (Lipinski definition) is 7. The standard InChI is InChI=1S/C23H24N4O5/c1-3-16-14-22(28)26(24-23(16)17-5-4-6-19(13-17)31-2)21-15-18(7-8-20(21)27(29)30)25-9-11-32-12-10-25/h4-8,13-15H,3,9-12H2,1-2H3. The number of ether oxygens (including phenoxy) is 2. The zero-order valence-corrected chi connectivity index (χ0v) is 18.0. The number of aromatic nitrogens is 2. The highest BCUT2D eigenvalue weighted by molar-refractivity contribution is 5.66. The Bertz CT molecular complexity index is 1200. The maximum absolute atomic E-state index is 13.0. The molecule has 2 heterocycles. The minimum absolute atomic E-state index is 0.135. The molecule has 1 aromatic heterocycles. The maximum Gasteiger partial charge on any atom is 0.295 e. The van der Waals surface area contributed by atoms with Gasteiger partial charge in [0.25, 0.3) is 11.2 Å². The monoisotopic (exact) mass is 436 g/mol. The Morgan fingerprint density at radius 3 is 2.62 bits per heavy atom. The number of nitrogens with zero attached hydrogens (tertiary/aromatic N) is 4. The molecule has 1 saturated heterocycles. The molecule has 0 unspecified atom stereocenters. The molecule has 0 bridgehead atoms. The van der Waals surface area contributed by atoms with Crippen molar-refractivity contribution in [3.63, 3.8) is 0 Å². The summed E-state index contributed by atoms with van der Waals surface area (Å²) in [5.74, 6) is 0.657. The predicted molar refractivity (Wildman–Crippen MR) is 121 cm³/mol. The third-order valence-corrected chi connectivity index (χ3v) is 5.49. The van der Waals surface area contributed by atoms with Gasteiger partial charge in [-0.2, -0.15) is 9.78 Å². The van der Waals surface area contributed by atoms with Gasteiger partial charge in [-0.25, -0.2) is 0 Å². The van der Waals surface area contributed by atoms with E-state index in [1.165, 1.54) is 12.1 Å². The number of nitro benzene ring substituents is 1. The van der Waals surface area contributed by atoms with Crippen LogP contribution in [-0.4, -0.2) is 48.1 Å². The van der Waals surface area contributed by atoms with Crippen molar-refractivity contribution in [2.24, 2.45) is 0 Å². The summed E-state index contributed by atoms with van der Waals surface area (Å²) in [6.45, 7) is 4.43. The predicted octanol–water partition coefficient (Wildman–Crippen LogP) is 3.22. The summed E-state index contributed by atoms with van der Waals surface area (Å²) in [7, 11) is 1.58. The van der Waals surface area contributed by atoms with Crippen molar-refractivity contribution in [1.29, 1.82) is 0 Å². The first-order valence-corrected chi connectivity index (χ1v) is 10.4. The molecule has 0 spiro atoms. The molecule has 1 aliphatic rings. The van der Waals surface area contributed by atoms with Gasteiger partial charge in [-0.05, 0) is 36.2 Å². The van der Waals surface area contributed by atoms with Gasteiger partial charge in [0.15, 0.2) is 0 Å². The Morgan fingerprint density at radius 1 is 1.16 bits per heavy atom. The van der Waals surface area contributed by atoms with E-state index in [9.17, 15) is 14.9 Å². The van der Waals surface area contributed by atoms with Crippen LogP contribution in [0, 0.1) is 10.1 Å². The summed E-state index contributed by atoms with van der Waals surface area (Å²) in [5.41, 5.74) is 2.42. The van der Waals surface area contributed by atoms with Crippen LogP contribution in [0.4, 0.5) is 11.4 Å². The summed E-state index contributed by atoms with van der Waals surface area (Å²) in [6, 6.07) is 13.6. The Hall–Kier alpha value is -3.72. The molecule has 0 amide bonds. The van der Waals surface area contributed by atoms with Crippen LogP contribution in [0.3, 0.4) is 0 Å². The molecule has 1 fully saturated rings. The molecule has 166 valence electrons. The summed E-state index contributed by atoms with van der Waals surface area (Å²) < 4.78 is 11.8. The number of hydrogen-bond donors (Lipinski definition) is 0. The van der Waals surface area contributed by atoms with E-state index in [2.05, 4.69) is 10.00 Å². The van der Waals surface area contributed by atoms with Gasteiger partial charge in [0.05, 0.1) is 30.9 Å². The van der Waals surface area contributed by atoms with E-state index >= 15 is 0 Å². The molecule has 9 heteroatoms. The molecule has 0 aliphatic carbocycles. The van der Waals surface area contributed by atoms with Gasteiger partial charge in [0.1, 0.15) is 11.4 Å². The van der Waals surface area contributed by atoms with Crippen LogP contribution in [0.15, 0.2) is 53.3 Å². The molecule has 1 aliphatic heterocycles. The number of rotatable bonds is 6. The fourth-order valence-corrected chi connectivity index (χ4v) is 3.80. The molecule has 4 rings (SSSR count). The number of nitro groups is 1. The summed E-state index contributed by atoms with van der Waals surface area (Å²) in [4.78, 5) is 26.3. The topological polar surface area (TPSA) is 99.7 Å². The van der Waals surface area contributed by atoms with Crippen LogP contribution in [0.1, 0.15) is 12.5 Å². The normalized spacial score (nSPS) is 13.8. The number of morpholine rings is 1. The zero-order chi connectivity index (χ0) is 22.7. The lowest BCUT2D eigenvalue weighted by Crippen LogP contribution is -2.36. The largest absolute Gasteiger partial charge is 0.497 e. The lowest BCUT2D eigenvalue weighted by Gasteiger charge is -2.29. The van der Waals surface area contributed by atoms with E-state index in [4.69, 9.17) is 9.47 Å². The van der Waals surface area contributed by atoms with Gasteiger partial charge >= 0.3 is 0 Å². The van der Waals surface area contributed by atoms with Crippen molar-refractivity contribution in [3.05, 3.63) is 74.6 Å². The molecule has 9 nitrogen and oxygen atoms in total. The second-order valence-corrected chi connectivity index (χ2v) is 7.38. The average Bonchev–Trinajstić information content (AvgIpc) is 2.84. The molecule has 0 saturated carbocycles. The van der Waals surface area contributed by atoms with Crippen LogP contribution in [0.25, 0.3) is 16.9 Å². The van der Waals surface area contributed by atoms with Crippen LogP contribution >= 0.6 is 0 Å². The lowest BCUT2D eigenvalue weighted by atomic mass is 10.0. The second-order valence-electron chi connectivity index (χ2n) is 7.38. The number of methoxy groups -OCH3 is 1. The molecule has 32 heavy (non-hydrogen) atoms. The number of aryl methyl sites for hydroxylation is 1. The van der Waals surface area contributed by atoms with Crippen molar-refractivity contribution in [2.45, 2.75) is 13.3 Å². The highest BCUT2D eigenvalue weighted by Crippen LogP contribution is 2.30. The van der Waals surface area contributed by atoms with Crippen molar-refractivity contribution < 1.29 is 14.4 Å². The van der Waals surface area contributed by atoms with Crippen LogP contribution in [0.2, 0.25) is 0 Å². The molecule has 0 radical (unpaired) electrons. The number of anilines is 1. The fraction of sp³-hybridized carbons (Fsp3) is 0.304.